The molecule has 1 spiro atoms. The Morgan fingerprint density at radius 2 is 1.30 bits per heavy atom. The second-order valence-corrected chi connectivity index (χ2v) is 15.1. The Labute approximate surface area is 290 Å². The second kappa shape index (κ2) is 8.70. The van der Waals surface area contributed by atoms with Crippen LogP contribution in [0.1, 0.15) is 75.4 Å². The quantitative estimate of drug-likeness (QED) is 0.186. The SMILES string of the molecule is CC1(C)c2ccccc2-c2cc3c(cc21)c1cc(-c2ccc(C#N)c4c2C25c6ccccc6C4c4cccc2c45)ccc1n3-c1ccccc1. The molecule has 2 heteroatoms. The van der Waals surface area contributed by atoms with Gasteiger partial charge in [0.1, 0.15) is 0 Å². The molecule has 2 nitrogen and oxygen atoms in total. The van der Waals surface area contributed by atoms with E-state index >= 15 is 0 Å². The summed E-state index contributed by atoms with van der Waals surface area (Å²) in [5.41, 5.74) is 21.4. The molecule has 0 radical (unpaired) electrons. The van der Waals surface area contributed by atoms with Gasteiger partial charge in [-0.05, 0) is 115 Å². The molecule has 13 rings (SSSR count). The Kier molecular flexibility index (Phi) is 4.65. The van der Waals surface area contributed by atoms with Gasteiger partial charge in [-0.1, -0.05) is 111 Å². The van der Waals surface area contributed by atoms with Gasteiger partial charge in [-0.3, -0.25) is 0 Å². The Bertz CT molecular complexity index is 2910. The first kappa shape index (κ1) is 26.7. The van der Waals surface area contributed by atoms with E-state index in [1.807, 2.05) is 0 Å². The number of nitriles is 1. The molecule has 1 aromatic heterocycles. The molecule has 2 bridgehead atoms. The molecule has 2 atom stereocenters. The maximum Gasteiger partial charge on any atom is 0.0994 e. The first-order chi connectivity index (χ1) is 24.5. The van der Waals surface area contributed by atoms with Gasteiger partial charge in [0.2, 0.25) is 0 Å². The minimum absolute atomic E-state index is 0.0744. The number of aromatic nitrogens is 1. The fourth-order valence-electron chi connectivity index (χ4n) is 10.6. The van der Waals surface area contributed by atoms with Crippen LogP contribution >= 0.6 is 0 Å². The third-order valence-corrected chi connectivity index (χ3v) is 12.6. The van der Waals surface area contributed by atoms with Crippen LogP contribution in [-0.4, -0.2) is 4.57 Å². The molecular formula is C48H30N2. The van der Waals surface area contributed by atoms with Crippen molar-refractivity contribution in [1.29, 1.82) is 5.26 Å². The molecule has 7 aromatic carbocycles. The normalized spacial score (nSPS) is 19.0. The van der Waals surface area contributed by atoms with E-state index in [1.54, 1.807) is 0 Å². The van der Waals surface area contributed by atoms with Crippen molar-refractivity contribution in [2.75, 3.05) is 0 Å². The minimum Gasteiger partial charge on any atom is -0.309 e. The first-order valence-electron chi connectivity index (χ1n) is 17.6. The highest BCUT2D eigenvalue weighted by atomic mass is 15.0. The van der Waals surface area contributed by atoms with E-state index in [9.17, 15) is 5.26 Å². The van der Waals surface area contributed by atoms with Crippen LogP contribution in [0.4, 0.5) is 0 Å². The van der Waals surface area contributed by atoms with E-state index in [1.165, 1.54) is 94.1 Å². The lowest BCUT2D eigenvalue weighted by molar-refractivity contribution is 0.661. The van der Waals surface area contributed by atoms with Gasteiger partial charge in [0.15, 0.2) is 0 Å². The van der Waals surface area contributed by atoms with Gasteiger partial charge in [0, 0.05) is 27.8 Å². The lowest BCUT2D eigenvalue weighted by atomic mass is 9.60. The van der Waals surface area contributed by atoms with Crippen molar-refractivity contribution in [3.05, 3.63) is 195 Å². The van der Waals surface area contributed by atoms with Gasteiger partial charge in [-0.15, -0.1) is 0 Å². The molecule has 5 aliphatic carbocycles. The summed E-state index contributed by atoms with van der Waals surface area (Å²) in [5, 5.41) is 13.0. The van der Waals surface area contributed by atoms with Crippen molar-refractivity contribution >= 4 is 21.8 Å². The molecule has 0 saturated carbocycles. The Hall–Kier alpha value is -6.17. The predicted molar refractivity (Wildman–Crippen MR) is 201 cm³/mol. The van der Waals surface area contributed by atoms with Crippen LogP contribution in [-0.2, 0) is 10.8 Å². The molecule has 0 amide bonds. The summed E-state index contributed by atoms with van der Waals surface area (Å²) in [6.07, 6.45) is 0. The third kappa shape index (κ3) is 2.87. The van der Waals surface area contributed by atoms with E-state index in [2.05, 4.69) is 164 Å². The molecule has 8 aromatic rings. The number of fused-ring (bicyclic) bond motifs is 6. The van der Waals surface area contributed by atoms with Crippen LogP contribution in [0.5, 0.6) is 0 Å². The average molecular weight is 635 g/mol. The van der Waals surface area contributed by atoms with Gasteiger partial charge in [-0.2, -0.15) is 5.26 Å². The predicted octanol–water partition coefficient (Wildman–Crippen LogP) is 11.1. The number of hydrogen-bond acceptors (Lipinski definition) is 1. The molecule has 0 saturated heterocycles. The molecule has 50 heavy (non-hydrogen) atoms. The Morgan fingerprint density at radius 1 is 0.560 bits per heavy atom. The fourth-order valence-corrected chi connectivity index (χ4v) is 10.6. The average Bonchev–Trinajstić information content (AvgIpc) is 3.66. The number of hydrogen-bond donors (Lipinski definition) is 0. The second-order valence-electron chi connectivity index (χ2n) is 15.1. The monoisotopic (exact) mass is 634 g/mol. The van der Waals surface area contributed by atoms with E-state index in [0.717, 1.165) is 11.3 Å². The van der Waals surface area contributed by atoms with Crippen molar-refractivity contribution in [3.63, 3.8) is 0 Å². The van der Waals surface area contributed by atoms with Gasteiger partial charge in [-0.25, -0.2) is 0 Å². The van der Waals surface area contributed by atoms with Gasteiger partial charge in [0.05, 0.1) is 28.1 Å². The van der Waals surface area contributed by atoms with E-state index in [0.29, 0.717) is 0 Å². The first-order valence-corrected chi connectivity index (χ1v) is 17.6. The topological polar surface area (TPSA) is 28.7 Å². The largest absolute Gasteiger partial charge is 0.309 e. The van der Waals surface area contributed by atoms with Crippen LogP contribution < -0.4 is 0 Å². The van der Waals surface area contributed by atoms with Gasteiger partial charge >= 0.3 is 0 Å². The van der Waals surface area contributed by atoms with Crippen molar-refractivity contribution in [1.82, 2.24) is 4.57 Å². The molecule has 2 unspecified atom stereocenters. The number of rotatable bonds is 2. The summed E-state index contributed by atoms with van der Waals surface area (Å²) in [6.45, 7) is 4.73. The molecule has 1 heterocycles. The highest BCUT2D eigenvalue weighted by Crippen LogP contribution is 2.73. The standard InChI is InChI=1S/C48H30N2/c1-47(2)37-16-8-6-13-31(37)34-25-42-36(24-40(34)47)35-23-27(20-22-41(35)50(42)29-11-4-3-5-12-29)30-21-19-28(26-49)43-44-32-14-7-9-17-38(32)48(46(30)43)39-18-10-15-33(44)45(39)48/h3-25,44H,1-2H3. The van der Waals surface area contributed by atoms with Crippen molar-refractivity contribution in [2.45, 2.75) is 30.6 Å². The van der Waals surface area contributed by atoms with Crippen molar-refractivity contribution < 1.29 is 0 Å². The highest BCUT2D eigenvalue weighted by molar-refractivity contribution is 6.13. The number of benzene rings is 7. The van der Waals surface area contributed by atoms with Crippen LogP contribution in [0.3, 0.4) is 0 Å². The minimum atomic E-state index is -0.286. The summed E-state index contributed by atoms with van der Waals surface area (Å²) >= 11 is 0. The zero-order valence-electron chi connectivity index (χ0n) is 27.8. The van der Waals surface area contributed by atoms with Gasteiger partial charge in [0.25, 0.3) is 0 Å². The molecule has 232 valence electrons. The van der Waals surface area contributed by atoms with E-state index in [4.69, 9.17) is 0 Å². The van der Waals surface area contributed by atoms with E-state index < -0.39 is 0 Å². The molecule has 0 aliphatic heterocycles. The molecule has 0 fully saturated rings. The third-order valence-electron chi connectivity index (χ3n) is 12.6. The summed E-state index contributed by atoms with van der Waals surface area (Å²) in [5.74, 6) is 0.0744. The fraction of sp³-hybridized carbons (Fsp3) is 0.104. The summed E-state index contributed by atoms with van der Waals surface area (Å²) in [7, 11) is 0. The van der Waals surface area contributed by atoms with Crippen molar-refractivity contribution in [3.8, 4) is 34.0 Å². The Balaban J connectivity index is 1.16. The molecule has 5 aliphatic rings. The van der Waals surface area contributed by atoms with Crippen LogP contribution in [0.2, 0.25) is 0 Å². The zero-order chi connectivity index (χ0) is 33.1. The Morgan fingerprint density at radius 3 is 2.16 bits per heavy atom. The van der Waals surface area contributed by atoms with Crippen LogP contribution in [0.15, 0.2) is 140 Å². The number of nitrogens with zero attached hydrogens (tertiary/aromatic N) is 2. The molecular weight excluding hydrogens is 605 g/mol. The van der Waals surface area contributed by atoms with Crippen LogP contribution in [0, 0.1) is 11.3 Å². The summed E-state index contributed by atoms with van der Waals surface area (Å²) in [6, 6.07) is 54.3. The van der Waals surface area contributed by atoms with E-state index in [-0.39, 0.29) is 16.7 Å². The zero-order valence-corrected chi connectivity index (χ0v) is 27.8. The maximum atomic E-state index is 10.5. The lowest BCUT2D eigenvalue weighted by Crippen LogP contribution is -2.32. The van der Waals surface area contributed by atoms with Gasteiger partial charge < -0.3 is 4.57 Å². The molecule has 0 N–H and O–H groups in total. The number of para-hydroxylation sites is 1. The smallest absolute Gasteiger partial charge is 0.0994 e. The summed E-state index contributed by atoms with van der Waals surface area (Å²) < 4.78 is 2.44. The lowest BCUT2D eigenvalue weighted by Gasteiger charge is -2.41. The van der Waals surface area contributed by atoms with Crippen molar-refractivity contribution in [2.24, 2.45) is 0 Å². The maximum absolute atomic E-state index is 10.5. The van der Waals surface area contributed by atoms with Crippen LogP contribution in [0.25, 0.3) is 49.7 Å². The summed E-state index contributed by atoms with van der Waals surface area (Å²) in [4.78, 5) is 0. The highest BCUT2D eigenvalue weighted by Gasteiger charge is 2.64.